The average Bonchev–Trinajstić information content (AvgIpc) is 2.84. The summed E-state index contributed by atoms with van der Waals surface area (Å²) in [5.41, 5.74) is 2.97. The molecule has 0 amide bonds. The van der Waals surface area contributed by atoms with Gasteiger partial charge in [-0.2, -0.15) is 0 Å². The van der Waals surface area contributed by atoms with Gasteiger partial charge in [0, 0.05) is 62.0 Å². The Hall–Kier alpha value is -3.46. The Labute approximate surface area is 204 Å². The standard InChI is InChI=1S/C27H30N2O6/c1-18-7-5-6-8-20(18)15-22(19(2)30)23-16-26(31)35-27-21(23)9-10-25(28-32)24(27)17-29(11-13-33-3)12-14-34-4/h5-10,15-16H,11-14,17H2,1-4H3/b22-15+. The Morgan fingerprint density at radius 3 is 2.37 bits per heavy atom. The van der Waals surface area contributed by atoms with Gasteiger partial charge in [-0.25, -0.2) is 4.79 Å². The minimum atomic E-state index is -0.617. The molecule has 0 aliphatic rings. The molecule has 1 heterocycles. The predicted molar refractivity (Wildman–Crippen MR) is 137 cm³/mol. The van der Waals surface area contributed by atoms with Gasteiger partial charge in [-0.1, -0.05) is 24.3 Å². The van der Waals surface area contributed by atoms with Crippen LogP contribution in [0, 0.1) is 11.8 Å². The molecule has 0 N–H and O–H groups in total. The number of Topliss-reactive ketones (excluding diaryl/α,β-unsaturated/α-hetero) is 1. The number of carbonyl (C=O) groups is 1. The topological polar surface area (TPSA) is 98.4 Å². The number of allylic oxidation sites excluding steroid dienone is 1. The number of ketones is 1. The van der Waals surface area contributed by atoms with E-state index in [-0.39, 0.29) is 23.6 Å². The van der Waals surface area contributed by atoms with Crippen LogP contribution in [0.2, 0.25) is 0 Å². The maximum absolute atomic E-state index is 12.7. The molecule has 184 valence electrons. The zero-order valence-electron chi connectivity index (χ0n) is 20.5. The fraction of sp³-hybridized carbons (Fsp3) is 0.333. The number of aryl methyl sites for hydroxylation is 1. The van der Waals surface area contributed by atoms with Crippen molar-refractivity contribution in [2.24, 2.45) is 5.18 Å². The predicted octanol–water partition coefficient (Wildman–Crippen LogP) is 4.72. The van der Waals surface area contributed by atoms with E-state index in [1.807, 2.05) is 36.1 Å². The van der Waals surface area contributed by atoms with E-state index in [1.165, 1.54) is 13.0 Å². The van der Waals surface area contributed by atoms with Gasteiger partial charge in [-0.3, -0.25) is 9.69 Å². The third kappa shape index (κ3) is 6.36. The smallest absolute Gasteiger partial charge is 0.336 e. The molecule has 3 rings (SSSR count). The van der Waals surface area contributed by atoms with E-state index < -0.39 is 5.63 Å². The van der Waals surface area contributed by atoms with Gasteiger partial charge in [0.2, 0.25) is 0 Å². The third-order valence-corrected chi connectivity index (χ3v) is 5.85. The highest BCUT2D eigenvalue weighted by Crippen LogP contribution is 2.34. The highest BCUT2D eigenvalue weighted by molar-refractivity contribution is 6.27. The summed E-state index contributed by atoms with van der Waals surface area (Å²) in [4.78, 5) is 39.1. The first-order chi connectivity index (χ1) is 16.9. The summed E-state index contributed by atoms with van der Waals surface area (Å²) in [7, 11) is 3.22. The zero-order chi connectivity index (χ0) is 25.4. The number of carbonyl (C=O) groups excluding carboxylic acids is 1. The average molecular weight is 479 g/mol. The van der Waals surface area contributed by atoms with Crippen LogP contribution < -0.4 is 5.63 Å². The van der Waals surface area contributed by atoms with Crippen molar-refractivity contribution in [3.63, 3.8) is 0 Å². The minimum absolute atomic E-state index is 0.171. The number of methoxy groups -OCH3 is 2. The molecule has 0 fully saturated rings. The van der Waals surface area contributed by atoms with E-state index in [0.29, 0.717) is 48.4 Å². The van der Waals surface area contributed by atoms with Crippen molar-refractivity contribution in [2.75, 3.05) is 40.5 Å². The summed E-state index contributed by atoms with van der Waals surface area (Å²) in [5.74, 6) is -0.193. The Morgan fingerprint density at radius 1 is 1.09 bits per heavy atom. The largest absolute Gasteiger partial charge is 0.422 e. The second-order valence-corrected chi connectivity index (χ2v) is 8.24. The lowest BCUT2D eigenvalue weighted by molar-refractivity contribution is -0.111. The van der Waals surface area contributed by atoms with Gasteiger partial charge in [0.05, 0.1) is 13.2 Å². The molecule has 0 spiro atoms. The first kappa shape index (κ1) is 26.2. The molecule has 0 unspecified atom stereocenters. The maximum atomic E-state index is 12.7. The van der Waals surface area contributed by atoms with Crippen molar-refractivity contribution in [1.29, 1.82) is 0 Å². The molecular weight excluding hydrogens is 448 g/mol. The summed E-state index contributed by atoms with van der Waals surface area (Å²) in [6.45, 7) is 5.80. The molecule has 0 bridgehead atoms. The quantitative estimate of drug-likeness (QED) is 0.211. The number of fused-ring (bicyclic) bond motifs is 1. The van der Waals surface area contributed by atoms with Crippen molar-refractivity contribution >= 4 is 34.1 Å². The number of nitroso groups, excluding NO2 is 1. The van der Waals surface area contributed by atoms with Gasteiger partial charge in [0.1, 0.15) is 11.3 Å². The van der Waals surface area contributed by atoms with E-state index in [1.54, 1.807) is 32.4 Å². The third-order valence-electron chi connectivity index (χ3n) is 5.85. The van der Waals surface area contributed by atoms with Crippen LogP contribution in [-0.4, -0.2) is 51.2 Å². The second-order valence-electron chi connectivity index (χ2n) is 8.24. The number of rotatable bonds is 12. The first-order valence-corrected chi connectivity index (χ1v) is 11.3. The number of hydrogen-bond donors (Lipinski definition) is 0. The van der Waals surface area contributed by atoms with Crippen molar-refractivity contribution in [1.82, 2.24) is 4.90 Å². The van der Waals surface area contributed by atoms with Crippen molar-refractivity contribution in [2.45, 2.75) is 20.4 Å². The van der Waals surface area contributed by atoms with E-state index in [9.17, 15) is 14.5 Å². The highest BCUT2D eigenvalue weighted by Gasteiger charge is 2.20. The molecule has 8 heteroatoms. The zero-order valence-corrected chi connectivity index (χ0v) is 20.5. The maximum Gasteiger partial charge on any atom is 0.336 e. The van der Waals surface area contributed by atoms with Crippen LogP contribution in [0.1, 0.15) is 29.2 Å². The SMILES string of the molecule is COCCN(CCOC)Cc1c(N=O)ccc2c(/C(=C/c3ccccc3C)C(C)=O)cc(=O)oc12. The lowest BCUT2D eigenvalue weighted by Gasteiger charge is -2.22. The van der Waals surface area contributed by atoms with E-state index in [4.69, 9.17) is 13.9 Å². The fourth-order valence-electron chi connectivity index (χ4n) is 3.94. The minimum Gasteiger partial charge on any atom is -0.422 e. The molecule has 0 atom stereocenters. The first-order valence-electron chi connectivity index (χ1n) is 11.3. The molecule has 0 saturated heterocycles. The van der Waals surface area contributed by atoms with Gasteiger partial charge >= 0.3 is 5.63 Å². The lowest BCUT2D eigenvalue weighted by Crippen LogP contribution is -2.30. The van der Waals surface area contributed by atoms with E-state index in [0.717, 1.165) is 11.1 Å². The van der Waals surface area contributed by atoms with Crippen molar-refractivity contribution in [3.05, 3.63) is 80.0 Å². The van der Waals surface area contributed by atoms with Gasteiger partial charge < -0.3 is 13.9 Å². The summed E-state index contributed by atoms with van der Waals surface area (Å²) in [6.07, 6.45) is 1.78. The Morgan fingerprint density at radius 2 is 1.77 bits per heavy atom. The monoisotopic (exact) mass is 478 g/mol. The molecule has 0 saturated carbocycles. The Bertz CT molecular complexity index is 1290. The van der Waals surface area contributed by atoms with Gasteiger partial charge in [0.25, 0.3) is 0 Å². The van der Waals surface area contributed by atoms with Crippen molar-refractivity contribution in [3.8, 4) is 0 Å². The summed E-state index contributed by atoms with van der Waals surface area (Å²) < 4.78 is 16.0. The highest BCUT2D eigenvalue weighted by atomic mass is 16.5. The van der Waals surface area contributed by atoms with E-state index >= 15 is 0 Å². The molecule has 0 aliphatic heterocycles. The van der Waals surface area contributed by atoms with E-state index in [2.05, 4.69) is 5.18 Å². The summed E-state index contributed by atoms with van der Waals surface area (Å²) >= 11 is 0. The van der Waals surface area contributed by atoms with Crippen molar-refractivity contribution < 1.29 is 18.7 Å². The molecule has 8 nitrogen and oxygen atoms in total. The van der Waals surface area contributed by atoms with Crippen LogP contribution in [0.15, 0.2) is 56.9 Å². The Balaban J connectivity index is 2.22. The van der Waals surface area contributed by atoms with Gasteiger partial charge in [-0.05, 0) is 48.4 Å². The molecule has 3 aromatic rings. The number of nitrogens with zero attached hydrogens (tertiary/aromatic N) is 2. The van der Waals surface area contributed by atoms with Crippen LogP contribution in [0.5, 0.6) is 0 Å². The van der Waals surface area contributed by atoms with Gasteiger partial charge in [0.15, 0.2) is 5.78 Å². The number of benzene rings is 2. The lowest BCUT2D eigenvalue weighted by atomic mass is 9.94. The normalized spacial score (nSPS) is 11.9. The van der Waals surface area contributed by atoms with Crippen LogP contribution in [0.25, 0.3) is 22.6 Å². The Kier molecular flexibility index (Phi) is 9.19. The summed E-state index contributed by atoms with van der Waals surface area (Å²) in [6, 6.07) is 12.3. The molecule has 0 aliphatic carbocycles. The van der Waals surface area contributed by atoms with Crippen LogP contribution in [0.3, 0.4) is 0 Å². The second kappa shape index (κ2) is 12.3. The van der Waals surface area contributed by atoms with Gasteiger partial charge in [-0.15, -0.1) is 4.91 Å². The van der Waals surface area contributed by atoms with Crippen LogP contribution in [0.4, 0.5) is 5.69 Å². The molecule has 0 radical (unpaired) electrons. The summed E-state index contributed by atoms with van der Waals surface area (Å²) in [5, 5.41) is 3.73. The van der Waals surface area contributed by atoms with Crippen LogP contribution >= 0.6 is 0 Å². The molecule has 1 aromatic heterocycles. The number of ether oxygens (including phenoxy) is 2. The number of hydrogen-bond acceptors (Lipinski definition) is 8. The van der Waals surface area contributed by atoms with Crippen LogP contribution in [-0.2, 0) is 20.8 Å². The molecular formula is C27H30N2O6. The fourth-order valence-corrected chi connectivity index (χ4v) is 3.94. The molecule has 2 aromatic carbocycles. The molecule has 35 heavy (non-hydrogen) atoms.